The molecule has 184 valence electrons. The quantitative estimate of drug-likeness (QED) is 0.423. The van der Waals surface area contributed by atoms with E-state index >= 15 is 0 Å². The SMILES string of the molecule is Cc1cc2c(-c3ccc(S(=O)(=O)NCC4(N)CCCC4)cc3)ccnc2[nH]1.O=C(O)C(F)(F)F. The zero-order valence-corrected chi connectivity index (χ0v) is 19.1. The molecule has 1 aromatic carbocycles. The summed E-state index contributed by atoms with van der Waals surface area (Å²) >= 11 is 0. The molecule has 0 radical (unpaired) electrons. The number of sulfonamides is 1. The van der Waals surface area contributed by atoms with Crippen LogP contribution in [0.25, 0.3) is 22.2 Å². The van der Waals surface area contributed by atoms with Gasteiger partial charge in [0.25, 0.3) is 0 Å². The third-order valence-corrected chi connectivity index (χ3v) is 7.02. The van der Waals surface area contributed by atoms with Crippen LogP contribution in [0.15, 0.2) is 47.5 Å². The number of rotatable bonds is 5. The van der Waals surface area contributed by atoms with Crippen molar-refractivity contribution in [1.29, 1.82) is 0 Å². The minimum absolute atomic E-state index is 0.253. The number of aromatic nitrogens is 2. The van der Waals surface area contributed by atoms with Crippen LogP contribution < -0.4 is 10.5 Å². The standard InChI is InChI=1S/C20H24N4O2S.C2HF3O2/c1-14-12-18-17(8-11-22-19(18)24-14)15-4-6-16(7-5-15)27(25,26)23-13-20(21)9-2-3-10-20;3-2(4,5)1(6)7/h4-8,11-12,23H,2-3,9-10,13,21H2,1H3,(H,22,24);(H,6,7). The lowest BCUT2D eigenvalue weighted by atomic mass is 10.0. The summed E-state index contributed by atoms with van der Waals surface area (Å²) in [7, 11) is -3.57. The maximum absolute atomic E-state index is 12.6. The molecule has 0 saturated heterocycles. The molecule has 0 atom stereocenters. The Hall–Kier alpha value is -2.96. The van der Waals surface area contributed by atoms with Gasteiger partial charge in [-0.05, 0) is 55.2 Å². The molecule has 5 N–H and O–H groups in total. The lowest BCUT2D eigenvalue weighted by Gasteiger charge is -2.23. The van der Waals surface area contributed by atoms with Gasteiger partial charge in [0.15, 0.2) is 0 Å². The fraction of sp³-hybridized carbons (Fsp3) is 0.364. The van der Waals surface area contributed by atoms with Crippen molar-refractivity contribution in [3.8, 4) is 11.1 Å². The molecule has 1 aliphatic rings. The van der Waals surface area contributed by atoms with Crippen LogP contribution in [0.2, 0.25) is 0 Å². The molecular formula is C22H25F3N4O4S. The van der Waals surface area contributed by atoms with Gasteiger partial charge in [-0.25, -0.2) is 22.9 Å². The number of hydrogen-bond donors (Lipinski definition) is 4. The molecule has 0 spiro atoms. The van der Waals surface area contributed by atoms with E-state index < -0.39 is 27.7 Å². The highest BCUT2D eigenvalue weighted by Crippen LogP contribution is 2.29. The highest BCUT2D eigenvalue weighted by molar-refractivity contribution is 7.89. The monoisotopic (exact) mass is 498 g/mol. The second-order valence-electron chi connectivity index (χ2n) is 8.29. The Kier molecular flexibility index (Phi) is 7.34. The van der Waals surface area contributed by atoms with E-state index in [0.717, 1.165) is 53.5 Å². The van der Waals surface area contributed by atoms with Gasteiger partial charge in [0.2, 0.25) is 10.0 Å². The van der Waals surface area contributed by atoms with Gasteiger partial charge >= 0.3 is 12.1 Å². The maximum Gasteiger partial charge on any atom is 0.490 e. The molecule has 8 nitrogen and oxygen atoms in total. The fourth-order valence-electron chi connectivity index (χ4n) is 3.80. The molecule has 3 aromatic rings. The average molecular weight is 499 g/mol. The molecule has 1 aliphatic carbocycles. The number of alkyl halides is 3. The summed E-state index contributed by atoms with van der Waals surface area (Å²) in [5.41, 5.74) is 9.69. The van der Waals surface area contributed by atoms with Crippen molar-refractivity contribution >= 4 is 27.0 Å². The first kappa shape index (κ1) is 25.7. The van der Waals surface area contributed by atoms with Gasteiger partial charge in [0.1, 0.15) is 5.65 Å². The Morgan fingerprint density at radius 2 is 1.79 bits per heavy atom. The molecule has 0 amide bonds. The third kappa shape index (κ3) is 6.13. The number of aromatic amines is 1. The topological polar surface area (TPSA) is 138 Å². The van der Waals surface area contributed by atoms with E-state index in [4.69, 9.17) is 15.6 Å². The molecule has 0 bridgehead atoms. The molecule has 1 saturated carbocycles. The van der Waals surface area contributed by atoms with Crippen LogP contribution in [0, 0.1) is 6.92 Å². The Morgan fingerprint density at radius 3 is 2.35 bits per heavy atom. The first-order valence-corrected chi connectivity index (χ1v) is 11.9. The predicted molar refractivity (Wildman–Crippen MR) is 121 cm³/mol. The van der Waals surface area contributed by atoms with Gasteiger partial charge in [-0.1, -0.05) is 25.0 Å². The Bertz CT molecular complexity index is 1270. The number of fused-ring (bicyclic) bond motifs is 1. The van der Waals surface area contributed by atoms with Gasteiger partial charge < -0.3 is 15.8 Å². The van der Waals surface area contributed by atoms with Crippen molar-refractivity contribution in [3.63, 3.8) is 0 Å². The van der Waals surface area contributed by atoms with E-state index in [1.165, 1.54) is 0 Å². The van der Waals surface area contributed by atoms with E-state index in [9.17, 15) is 21.6 Å². The van der Waals surface area contributed by atoms with E-state index in [2.05, 4.69) is 14.7 Å². The molecule has 0 unspecified atom stereocenters. The summed E-state index contributed by atoms with van der Waals surface area (Å²) < 4.78 is 59.6. The summed E-state index contributed by atoms with van der Waals surface area (Å²) in [5, 5.41) is 8.15. The lowest BCUT2D eigenvalue weighted by Crippen LogP contribution is -2.47. The van der Waals surface area contributed by atoms with E-state index in [-0.39, 0.29) is 11.4 Å². The summed E-state index contributed by atoms with van der Waals surface area (Å²) in [6, 6.07) is 10.9. The van der Waals surface area contributed by atoms with Crippen LogP contribution in [-0.4, -0.2) is 47.7 Å². The lowest BCUT2D eigenvalue weighted by molar-refractivity contribution is -0.192. The number of halogens is 3. The van der Waals surface area contributed by atoms with Crippen molar-refractivity contribution in [1.82, 2.24) is 14.7 Å². The number of carboxylic acids is 1. The number of H-pyrrole nitrogens is 1. The third-order valence-electron chi connectivity index (χ3n) is 5.60. The molecule has 4 rings (SSSR count). The molecule has 1 fully saturated rings. The van der Waals surface area contributed by atoms with Crippen molar-refractivity contribution in [2.45, 2.75) is 49.2 Å². The van der Waals surface area contributed by atoms with Gasteiger partial charge in [-0.3, -0.25) is 0 Å². The molecular weight excluding hydrogens is 473 g/mol. The number of carbonyl (C=O) groups is 1. The molecule has 2 heterocycles. The number of nitrogens with zero attached hydrogens (tertiary/aromatic N) is 1. The van der Waals surface area contributed by atoms with Crippen molar-refractivity contribution in [2.75, 3.05) is 6.54 Å². The summed E-state index contributed by atoms with van der Waals surface area (Å²) in [5.74, 6) is -2.76. The number of nitrogens with two attached hydrogens (primary N) is 1. The number of benzene rings is 1. The Labute approximate surface area is 194 Å². The zero-order chi connectivity index (χ0) is 25.1. The smallest absolute Gasteiger partial charge is 0.475 e. The van der Waals surface area contributed by atoms with Crippen molar-refractivity contribution in [2.24, 2.45) is 5.73 Å². The van der Waals surface area contributed by atoms with Crippen LogP contribution >= 0.6 is 0 Å². The van der Waals surface area contributed by atoms with Crippen LogP contribution in [0.3, 0.4) is 0 Å². The fourth-order valence-corrected chi connectivity index (χ4v) is 4.94. The van der Waals surface area contributed by atoms with Crippen molar-refractivity contribution < 1.29 is 31.5 Å². The molecule has 2 aromatic heterocycles. The van der Waals surface area contributed by atoms with E-state index in [0.29, 0.717) is 0 Å². The number of aryl methyl sites for hydroxylation is 1. The van der Waals surface area contributed by atoms with Crippen molar-refractivity contribution in [3.05, 3.63) is 48.3 Å². The minimum atomic E-state index is -5.08. The summed E-state index contributed by atoms with van der Waals surface area (Å²) in [4.78, 5) is 16.7. The average Bonchev–Trinajstić information content (AvgIpc) is 3.37. The van der Waals surface area contributed by atoms with Gasteiger partial charge in [0.05, 0.1) is 4.90 Å². The van der Waals surface area contributed by atoms with E-state index in [1.807, 2.05) is 31.2 Å². The van der Waals surface area contributed by atoms with Crippen LogP contribution in [0.1, 0.15) is 31.4 Å². The first-order valence-electron chi connectivity index (χ1n) is 10.4. The summed E-state index contributed by atoms with van der Waals surface area (Å²) in [6.07, 6.45) is 0.519. The number of aliphatic carboxylic acids is 1. The highest BCUT2D eigenvalue weighted by atomic mass is 32.2. The highest BCUT2D eigenvalue weighted by Gasteiger charge is 2.38. The van der Waals surface area contributed by atoms with Crippen LogP contribution in [0.4, 0.5) is 13.2 Å². The number of carboxylic acid groups (broad SMARTS) is 1. The second-order valence-corrected chi connectivity index (χ2v) is 10.1. The predicted octanol–water partition coefficient (Wildman–Crippen LogP) is 3.72. The first-order chi connectivity index (χ1) is 15.8. The summed E-state index contributed by atoms with van der Waals surface area (Å²) in [6.45, 7) is 2.27. The molecule has 12 heteroatoms. The van der Waals surface area contributed by atoms with Crippen LogP contribution in [0.5, 0.6) is 0 Å². The maximum atomic E-state index is 12.6. The van der Waals surface area contributed by atoms with Crippen LogP contribution in [-0.2, 0) is 14.8 Å². The normalized spacial score (nSPS) is 15.7. The second kappa shape index (κ2) is 9.72. The van der Waals surface area contributed by atoms with Gasteiger partial charge in [-0.2, -0.15) is 13.2 Å². The zero-order valence-electron chi connectivity index (χ0n) is 18.3. The van der Waals surface area contributed by atoms with Gasteiger partial charge in [0, 0.05) is 29.4 Å². The number of hydrogen-bond acceptors (Lipinski definition) is 5. The number of nitrogens with one attached hydrogen (secondary N) is 2. The largest absolute Gasteiger partial charge is 0.490 e. The molecule has 34 heavy (non-hydrogen) atoms. The van der Waals surface area contributed by atoms with E-state index in [1.54, 1.807) is 18.3 Å². The van der Waals surface area contributed by atoms with Gasteiger partial charge in [-0.15, -0.1) is 0 Å². The number of pyridine rings is 1. The minimum Gasteiger partial charge on any atom is -0.475 e. The Balaban J connectivity index is 0.000000406. The Morgan fingerprint density at radius 1 is 1.21 bits per heavy atom. The molecule has 0 aliphatic heterocycles.